The van der Waals surface area contributed by atoms with E-state index < -0.39 is 39.8 Å². The summed E-state index contributed by atoms with van der Waals surface area (Å²) in [5.74, 6) is -4.45. The lowest BCUT2D eigenvalue weighted by molar-refractivity contribution is -0.119. The van der Waals surface area contributed by atoms with Crippen molar-refractivity contribution in [1.29, 1.82) is 0 Å². The molecule has 0 spiro atoms. The molecule has 11 heteroatoms. The molecule has 1 atom stereocenters. The fraction of sp³-hybridized carbons (Fsp3) is 0.227. The number of aromatic nitrogens is 1. The number of carboxylic acid groups (broad SMARTS) is 1. The maximum absolute atomic E-state index is 15.9. The second-order valence-corrected chi connectivity index (χ2v) is 8.85. The Hall–Kier alpha value is -3.09. The van der Waals surface area contributed by atoms with E-state index in [2.05, 4.69) is 5.32 Å². The summed E-state index contributed by atoms with van der Waals surface area (Å²) in [5.41, 5.74) is -2.20. The number of amides is 1. The standard InChI is InChI=1S/C22H17F3IN3O4/c1-10(30)27-12-4-5-28(8-12)20-15(24)7-13-19(18(20)25)29(9-14(21(13)31)22(32)33)17-3-2-11(23)6-16(17)26/h2-3,6-7,9,12H,4-5,8H2,1H3,(H,27,30)(H,32,33). The van der Waals surface area contributed by atoms with Crippen LogP contribution in [0.15, 0.2) is 35.3 Å². The first-order valence-electron chi connectivity index (χ1n) is 9.86. The predicted molar refractivity (Wildman–Crippen MR) is 124 cm³/mol. The van der Waals surface area contributed by atoms with Crippen molar-refractivity contribution in [2.75, 3.05) is 18.0 Å². The summed E-state index contributed by atoms with van der Waals surface area (Å²) in [6.07, 6.45) is 1.42. The van der Waals surface area contributed by atoms with E-state index in [-0.39, 0.29) is 41.9 Å². The number of pyridine rings is 1. The van der Waals surface area contributed by atoms with E-state index in [1.807, 2.05) is 0 Å². The average molecular weight is 571 g/mol. The van der Waals surface area contributed by atoms with E-state index in [0.717, 1.165) is 22.9 Å². The molecule has 3 aromatic rings. The highest BCUT2D eigenvalue weighted by Crippen LogP contribution is 2.34. The molecule has 1 amide bonds. The Labute approximate surface area is 198 Å². The largest absolute Gasteiger partial charge is 0.477 e. The van der Waals surface area contributed by atoms with E-state index >= 15 is 8.78 Å². The summed E-state index contributed by atoms with van der Waals surface area (Å²) in [7, 11) is 0. The van der Waals surface area contributed by atoms with Crippen LogP contribution in [0.25, 0.3) is 16.6 Å². The normalized spacial score (nSPS) is 15.8. The van der Waals surface area contributed by atoms with Crippen molar-refractivity contribution in [1.82, 2.24) is 9.88 Å². The number of nitrogens with one attached hydrogen (secondary N) is 1. The average Bonchev–Trinajstić information content (AvgIpc) is 3.16. The second kappa shape index (κ2) is 8.69. The van der Waals surface area contributed by atoms with Gasteiger partial charge in [0.05, 0.1) is 16.6 Å². The van der Waals surface area contributed by atoms with E-state index in [1.165, 1.54) is 24.0 Å². The third-order valence-electron chi connectivity index (χ3n) is 5.47. The number of benzene rings is 2. The van der Waals surface area contributed by atoms with Crippen molar-refractivity contribution in [3.05, 3.63) is 67.3 Å². The van der Waals surface area contributed by atoms with Gasteiger partial charge in [-0.3, -0.25) is 9.59 Å². The lowest BCUT2D eigenvalue weighted by atomic mass is 10.1. The number of rotatable bonds is 4. The van der Waals surface area contributed by atoms with E-state index in [4.69, 9.17) is 0 Å². The summed E-state index contributed by atoms with van der Waals surface area (Å²) in [6.45, 7) is 1.77. The molecular weight excluding hydrogens is 554 g/mol. The van der Waals surface area contributed by atoms with Crippen molar-refractivity contribution in [2.45, 2.75) is 19.4 Å². The summed E-state index contributed by atoms with van der Waals surface area (Å²) in [6, 6.07) is 4.12. The molecule has 1 saturated heterocycles. The van der Waals surface area contributed by atoms with Crippen LogP contribution in [-0.2, 0) is 4.79 Å². The summed E-state index contributed by atoms with van der Waals surface area (Å²) in [5, 5.41) is 11.7. The number of nitrogens with zero attached hydrogens (tertiary/aromatic N) is 2. The first kappa shape index (κ1) is 23.1. The Morgan fingerprint density at radius 3 is 2.58 bits per heavy atom. The predicted octanol–water partition coefficient (Wildman–Crippen LogP) is 3.43. The highest BCUT2D eigenvalue weighted by atomic mass is 127. The molecule has 2 heterocycles. The monoisotopic (exact) mass is 571 g/mol. The van der Waals surface area contributed by atoms with Crippen LogP contribution in [0.1, 0.15) is 23.7 Å². The molecule has 1 unspecified atom stereocenters. The molecule has 1 aromatic heterocycles. The molecule has 0 bridgehead atoms. The van der Waals surface area contributed by atoms with E-state index in [1.54, 1.807) is 22.6 Å². The van der Waals surface area contributed by atoms with Gasteiger partial charge in [0.25, 0.3) is 0 Å². The molecule has 1 fully saturated rings. The maximum atomic E-state index is 15.9. The number of fused-ring (bicyclic) bond motifs is 1. The van der Waals surface area contributed by atoms with Gasteiger partial charge in [-0.25, -0.2) is 18.0 Å². The molecule has 2 N–H and O–H groups in total. The van der Waals surface area contributed by atoms with Gasteiger partial charge in [0, 0.05) is 35.8 Å². The van der Waals surface area contributed by atoms with Crippen molar-refractivity contribution in [3.8, 4) is 5.69 Å². The molecule has 1 aliphatic heterocycles. The number of carbonyl (C=O) groups excluding carboxylic acids is 1. The number of carbonyl (C=O) groups is 2. The van der Waals surface area contributed by atoms with Crippen LogP contribution in [0.2, 0.25) is 0 Å². The molecule has 0 radical (unpaired) electrons. The number of halogens is 4. The van der Waals surface area contributed by atoms with Gasteiger partial charge in [0.1, 0.15) is 22.9 Å². The lowest BCUT2D eigenvalue weighted by Gasteiger charge is -2.23. The summed E-state index contributed by atoms with van der Waals surface area (Å²) >= 11 is 1.81. The highest BCUT2D eigenvalue weighted by Gasteiger charge is 2.30. The Balaban J connectivity index is 2.00. The van der Waals surface area contributed by atoms with Crippen LogP contribution in [-0.4, -0.2) is 40.7 Å². The first-order chi connectivity index (χ1) is 15.6. The Morgan fingerprint density at radius 2 is 1.94 bits per heavy atom. The van der Waals surface area contributed by atoms with E-state index in [9.17, 15) is 23.9 Å². The van der Waals surface area contributed by atoms with Gasteiger partial charge in [0.2, 0.25) is 11.3 Å². The van der Waals surface area contributed by atoms with Crippen LogP contribution in [0.4, 0.5) is 18.9 Å². The van der Waals surface area contributed by atoms with Gasteiger partial charge in [0.15, 0.2) is 5.82 Å². The SMILES string of the molecule is CC(=O)NC1CCN(c2c(F)cc3c(=O)c(C(=O)O)cn(-c4ccc(F)cc4I)c3c2F)C1. The van der Waals surface area contributed by atoms with Gasteiger partial charge in [-0.1, -0.05) is 0 Å². The first-order valence-corrected chi connectivity index (χ1v) is 10.9. The van der Waals surface area contributed by atoms with Gasteiger partial charge in [-0.05, 0) is 53.3 Å². The van der Waals surface area contributed by atoms with Crippen molar-refractivity contribution < 1.29 is 27.9 Å². The molecule has 7 nitrogen and oxygen atoms in total. The van der Waals surface area contributed by atoms with Crippen LogP contribution in [0.5, 0.6) is 0 Å². The molecule has 0 saturated carbocycles. The van der Waals surface area contributed by atoms with E-state index in [0.29, 0.717) is 9.99 Å². The zero-order chi connectivity index (χ0) is 24.0. The Kier molecular flexibility index (Phi) is 6.08. The van der Waals surface area contributed by atoms with Crippen LogP contribution in [0.3, 0.4) is 0 Å². The number of hydrogen-bond acceptors (Lipinski definition) is 4. The quantitative estimate of drug-likeness (QED) is 0.469. The van der Waals surface area contributed by atoms with Crippen molar-refractivity contribution in [2.24, 2.45) is 0 Å². The number of carboxylic acids is 1. The third-order valence-corrected chi connectivity index (χ3v) is 6.33. The smallest absolute Gasteiger partial charge is 0.341 e. The fourth-order valence-electron chi connectivity index (χ4n) is 4.08. The lowest BCUT2D eigenvalue weighted by Crippen LogP contribution is -2.36. The van der Waals surface area contributed by atoms with Crippen LogP contribution < -0.4 is 15.6 Å². The Morgan fingerprint density at radius 1 is 1.21 bits per heavy atom. The Bertz CT molecular complexity index is 1380. The maximum Gasteiger partial charge on any atom is 0.341 e. The number of anilines is 1. The molecule has 0 aliphatic carbocycles. The van der Waals surface area contributed by atoms with Gasteiger partial charge in [-0.2, -0.15) is 0 Å². The highest BCUT2D eigenvalue weighted by molar-refractivity contribution is 14.1. The molecule has 2 aromatic carbocycles. The summed E-state index contributed by atoms with van der Waals surface area (Å²) < 4.78 is 46.1. The third kappa shape index (κ3) is 4.16. The zero-order valence-electron chi connectivity index (χ0n) is 17.2. The van der Waals surface area contributed by atoms with Crippen LogP contribution in [0, 0.1) is 21.0 Å². The minimum Gasteiger partial charge on any atom is -0.477 e. The van der Waals surface area contributed by atoms with Crippen LogP contribution >= 0.6 is 22.6 Å². The summed E-state index contributed by atoms with van der Waals surface area (Å²) in [4.78, 5) is 37.2. The van der Waals surface area contributed by atoms with Gasteiger partial charge in [-0.15, -0.1) is 0 Å². The molecule has 33 heavy (non-hydrogen) atoms. The molecule has 4 rings (SSSR count). The van der Waals surface area contributed by atoms with Crippen molar-refractivity contribution in [3.63, 3.8) is 0 Å². The van der Waals surface area contributed by atoms with Gasteiger partial charge < -0.3 is 19.9 Å². The van der Waals surface area contributed by atoms with Gasteiger partial charge >= 0.3 is 5.97 Å². The molecule has 1 aliphatic rings. The molecular formula is C22H17F3IN3O4. The number of hydrogen-bond donors (Lipinski definition) is 2. The second-order valence-electron chi connectivity index (χ2n) is 7.69. The minimum atomic E-state index is -1.56. The van der Waals surface area contributed by atoms with Crippen molar-refractivity contribution >= 4 is 51.1 Å². The minimum absolute atomic E-state index is 0.157. The topological polar surface area (TPSA) is 91.6 Å². The number of aromatic carboxylic acids is 1. The zero-order valence-corrected chi connectivity index (χ0v) is 19.3. The molecule has 172 valence electrons. The fourth-order valence-corrected chi connectivity index (χ4v) is 4.82.